The highest BCUT2D eigenvalue weighted by atomic mass is 19.1. The van der Waals surface area contributed by atoms with E-state index in [9.17, 15) is 9.18 Å². The van der Waals surface area contributed by atoms with Crippen molar-refractivity contribution in [2.45, 2.75) is 38.8 Å². The number of benzene rings is 1. The van der Waals surface area contributed by atoms with Gasteiger partial charge in [0.05, 0.1) is 18.7 Å². The van der Waals surface area contributed by atoms with Crippen LogP contribution >= 0.6 is 0 Å². The predicted molar refractivity (Wildman–Crippen MR) is 74.8 cm³/mol. The first-order valence-electron chi connectivity index (χ1n) is 6.97. The van der Waals surface area contributed by atoms with Crippen molar-refractivity contribution in [3.8, 4) is 5.75 Å². The van der Waals surface area contributed by atoms with Crippen LogP contribution in [-0.2, 0) is 4.79 Å². The van der Waals surface area contributed by atoms with Crippen LogP contribution in [0.4, 0.5) is 4.39 Å². The summed E-state index contributed by atoms with van der Waals surface area (Å²) in [7, 11) is 0. The van der Waals surface area contributed by atoms with E-state index in [-0.39, 0.29) is 23.7 Å². The van der Waals surface area contributed by atoms with E-state index < -0.39 is 6.04 Å². The van der Waals surface area contributed by atoms with E-state index in [0.717, 1.165) is 18.4 Å². The molecular weight excluding hydrogens is 259 g/mol. The van der Waals surface area contributed by atoms with E-state index in [4.69, 9.17) is 10.5 Å². The van der Waals surface area contributed by atoms with Crippen molar-refractivity contribution >= 4 is 5.91 Å². The van der Waals surface area contributed by atoms with Crippen LogP contribution in [0.1, 0.15) is 38.3 Å². The fraction of sp³-hybridized carbons (Fsp3) is 0.533. The monoisotopic (exact) mass is 280 g/mol. The van der Waals surface area contributed by atoms with Crippen LogP contribution in [0.3, 0.4) is 0 Å². The van der Waals surface area contributed by atoms with Crippen LogP contribution < -0.4 is 15.8 Å². The van der Waals surface area contributed by atoms with Crippen LogP contribution in [0, 0.1) is 11.7 Å². The third-order valence-corrected chi connectivity index (χ3v) is 3.58. The van der Waals surface area contributed by atoms with Gasteiger partial charge < -0.3 is 15.8 Å². The van der Waals surface area contributed by atoms with E-state index in [1.54, 1.807) is 6.07 Å². The second-order valence-electron chi connectivity index (χ2n) is 5.50. The molecule has 0 aromatic heterocycles. The standard InChI is InChI=1S/C15H21FN2O2/c1-9(2)14(17)15(19)18-12-4-3-7-20-13-8-10(16)5-6-11(12)13/h5-6,8-9,12,14H,3-4,7,17H2,1-2H3,(H,18,19)/t12?,14-/m0/s1. The fourth-order valence-electron chi connectivity index (χ4n) is 2.27. The summed E-state index contributed by atoms with van der Waals surface area (Å²) < 4.78 is 18.8. The molecule has 20 heavy (non-hydrogen) atoms. The zero-order valence-electron chi connectivity index (χ0n) is 11.9. The maximum atomic E-state index is 13.3. The first kappa shape index (κ1) is 14.8. The predicted octanol–water partition coefficient (Wildman–Crippen LogP) is 2.14. The molecule has 0 spiro atoms. The second-order valence-corrected chi connectivity index (χ2v) is 5.50. The van der Waals surface area contributed by atoms with Gasteiger partial charge in [0.15, 0.2) is 0 Å². The molecule has 5 heteroatoms. The number of fused-ring (bicyclic) bond motifs is 1. The minimum Gasteiger partial charge on any atom is -0.493 e. The van der Waals surface area contributed by atoms with Gasteiger partial charge in [0, 0.05) is 11.6 Å². The van der Waals surface area contributed by atoms with Gasteiger partial charge in [-0.15, -0.1) is 0 Å². The molecule has 0 saturated heterocycles. The topological polar surface area (TPSA) is 64.4 Å². The summed E-state index contributed by atoms with van der Waals surface area (Å²) in [5.41, 5.74) is 6.67. The Balaban J connectivity index is 2.18. The zero-order valence-corrected chi connectivity index (χ0v) is 11.9. The summed E-state index contributed by atoms with van der Waals surface area (Å²) in [4.78, 5) is 12.1. The Bertz CT molecular complexity index is 491. The Morgan fingerprint density at radius 1 is 1.50 bits per heavy atom. The van der Waals surface area contributed by atoms with Crippen LogP contribution in [-0.4, -0.2) is 18.6 Å². The molecule has 0 bridgehead atoms. The van der Waals surface area contributed by atoms with Gasteiger partial charge in [0.1, 0.15) is 11.6 Å². The highest BCUT2D eigenvalue weighted by Gasteiger charge is 2.25. The summed E-state index contributed by atoms with van der Waals surface area (Å²) in [5, 5.41) is 2.95. The molecule has 110 valence electrons. The molecule has 1 aliphatic heterocycles. The van der Waals surface area contributed by atoms with Crippen molar-refractivity contribution in [3.05, 3.63) is 29.6 Å². The highest BCUT2D eigenvalue weighted by Crippen LogP contribution is 2.32. The van der Waals surface area contributed by atoms with Gasteiger partial charge in [-0.2, -0.15) is 0 Å². The summed E-state index contributed by atoms with van der Waals surface area (Å²) in [6, 6.07) is 3.70. The third kappa shape index (κ3) is 3.28. The van der Waals surface area contributed by atoms with Gasteiger partial charge in [0.25, 0.3) is 0 Å². The molecule has 0 saturated carbocycles. The van der Waals surface area contributed by atoms with Crippen LogP contribution in [0.25, 0.3) is 0 Å². The lowest BCUT2D eigenvalue weighted by molar-refractivity contribution is -0.124. The maximum Gasteiger partial charge on any atom is 0.237 e. The number of carbonyl (C=O) groups excluding carboxylic acids is 1. The number of ether oxygens (including phenoxy) is 1. The second kappa shape index (κ2) is 6.22. The molecule has 2 rings (SSSR count). The Kier molecular flexibility index (Phi) is 4.60. The van der Waals surface area contributed by atoms with Crippen molar-refractivity contribution in [1.29, 1.82) is 0 Å². The zero-order chi connectivity index (χ0) is 14.7. The number of nitrogens with two attached hydrogens (primary N) is 1. The van der Waals surface area contributed by atoms with Gasteiger partial charge in [-0.05, 0) is 24.8 Å². The van der Waals surface area contributed by atoms with E-state index >= 15 is 0 Å². The molecule has 0 fully saturated rings. The van der Waals surface area contributed by atoms with Crippen molar-refractivity contribution in [2.24, 2.45) is 11.7 Å². The van der Waals surface area contributed by atoms with E-state index in [1.165, 1.54) is 12.1 Å². The number of rotatable bonds is 3. The number of nitrogens with one attached hydrogen (secondary N) is 1. The number of hydrogen-bond acceptors (Lipinski definition) is 3. The number of carbonyl (C=O) groups is 1. The van der Waals surface area contributed by atoms with E-state index in [2.05, 4.69) is 5.32 Å². The Morgan fingerprint density at radius 3 is 2.95 bits per heavy atom. The third-order valence-electron chi connectivity index (χ3n) is 3.58. The summed E-state index contributed by atoms with van der Waals surface area (Å²) in [6.45, 7) is 4.34. The molecule has 1 aromatic rings. The van der Waals surface area contributed by atoms with Gasteiger partial charge >= 0.3 is 0 Å². The van der Waals surface area contributed by atoms with E-state index in [0.29, 0.717) is 12.4 Å². The Hall–Kier alpha value is -1.62. The lowest BCUT2D eigenvalue weighted by Gasteiger charge is -2.22. The van der Waals surface area contributed by atoms with Crippen molar-refractivity contribution in [1.82, 2.24) is 5.32 Å². The van der Waals surface area contributed by atoms with Crippen molar-refractivity contribution in [2.75, 3.05) is 6.61 Å². The summed E-state index contributed by atoms with van der Waals surface area (Å²) >= 11 is 0. The van der Waals surface area contributed by atoms with Gasteiger partial charge in [-0.1, -0.05) is 19.9 Å². The molecular formula is C15H21FN2O2. The lowest BCUT2D eigenvalue weighted by Crippen LogP contribution is -2.45. The maximum absolute atomic E-state index is 13.3. The lowest BCUT2D eigenvalue weighted by atomic mass is 9.99. The van der Waals surface area contributed by atoms with Gasteiger partial charge in [-0.25, -0.2) is 4.39 Å². The Labute approximate surface area is 118 Å². The molecule has 1 aromatic carbocycles. The number of halogens is 1. The first-order chi connectivity index (χ1) is 9.49. The quantitative estimate of drug-likeness (QED) is 0.891. The molecule has 1 aliphatic rings. The van der Waals surface area contributed by atoms with Gasteiger partial charge in [0.2, 0.25) is 5.91 Å². The molecule has 1 unspecified atom stereocenters. The molecule has 0 radical (unpaired) electrons. The molecule has 3 N–H and O–H groups in total. The minimum absolute atomic E-state index is 0.0738. The minimum atomic E-state index is -0.539. The molecule has 1 heterocycles. The van der Waals surface area contributed by atoms with Crippen LogP contribution in [0.2, 0.25) is 0 Å². The highest BCUT2D eigenvalue weighted by molar-refractivity contribution is 5.82. The van der Waals surface area contributed by atoms with Crippen molar-refractivity contribution in [3.63, 3.8) is 0 Å². The van der Waals surface area contributed by atoms with Crippen molar-refractivity contribution < 1.29 is 13.9 Å². The van der Waals surface area contributed by atoms with Crippen LogP contribution in [0.15, 0.2) is 18.2 Å². The first-order valence-corrected chi connectivity index (χ1v) is 6.97. The van der Waals surface area contributed by atoms with E-state index in [1.807, 2.05) is 13.8 Å². The number of hydrogen-bond donors (Lipinski definition) is 2. The summed E-state index contributed by atoms with van der Waals surface area (Å²) in [5.74, 6) is 0.0624. The molecule has 1 amide bonds. The smallest absolute Gasteiger partial charge is 0.237 e. The average Bonchev–Trinajstić information content (AvgIpc) is 2.59. The fourth-order valence-corrected chi connectivity index (χ4v) is 2.27. The SMILES string of the molecule is CC(C)[C@H](N)C(=O)NC1CCCOc2cc(F)ccc21. The van der Waals surface area contributed by atoms with Crippen LogP contribution in [0.5, 0.6) is 5.75 Å². The Morgan fingerprint density at radius 2 is 2.25 bits per heavy atom. The normalized spacial score (nSPS) is 19.8. The summed E-state index contributed by atoms with van der Waals surface area (Å²) in [6.07, 6.45) is 1.56. The number of amides is 1. The average molecular weight is 280 g/mol. The molecule has 4 nitrogen and oxygen atoms in total. The molecule has 2 atom stereocenters. The largest absolute Gasteiger partial charge is 0.493 e. The van der Waals surface area contributed by atoms with Gasteiger partial charge in [-0.3, -0.25) is 4.79 Å². The molecule has 0 aliphatic carbocycles.